The minimum atomic E-state index is -0.928. The highest BCUT2D eigenvalue weighted by atomic mass is 32.2. The van der Waals surface area contributed by atoms with E-state index in [0.717, 1.165) is 5.56 Å². The molecule has 0 heterocycles. The molecule has 1 aromatic carbocycles. The Hall–Kier alpha value is -1.69. The van der Waals surface area contributed by atoms with Crippen molar-refractivity contribution in [2.24, 2.45) is 0 Å². The van der Waals surface area contributed by atoms with Crippen LogP contribution >= 0.6 is 11.8 Å². The standard InChI is InChI=1S/C12H16N2O3S/c1-18-10-4-2-9(3-5-10)8-14-12(17)13-7-6-11(15)16/h2-5H,6-8H2,1H3,(H,15,16)(H2,13,14,17). The van der Waals surface area contributed by atoms with Gasteiger partial charge in [-0.1, -0.05) is 12.1 Å². The lowest BCUT2D eigenvalue weighted by atomic mass is 10.2. The molecule has 2 amide bonds. The summed E-state index contributed by atoms with van der Waals surface area (Å²) >= 11 is 1.66. The normalized spacial score (nSPS) is 9.83. The first-order valence-electron chi connectivity index (χ1n) is 5.48. The van der Waals surface area contributed by atoms with Crippen molar-refractivity contribution in [1.29, 1.82) is 0 Å². The van der Waals surface area contributed by atoms with Crippen LogP contribution in [0.3, 0.4) is 0 Å². The lowest BCUT2D eigenvalue weighted by Crippen LogP contribution is -2.36. The molecule has 18 heavy (non-hydrogen) atoms. The van der Waals surface area contributed by atoms with Crippen molar-refractivity contribution in [3.05, 3.63) is 29.8 Å². The third-order valence-corrected chi connectivity index (χ3v) is 2.98. The van der Waals surface area contributed by atoms with E-state index in [1.54, 1.807) is 11.8 Å². The van der Waals surface area contributed by atoms with E-state index in [1.807, 2.05) is 30.5 Å². The second-order valence-electron chi connectivity index (χ2n) is 3.60. The van der Waals surface area contributed by atoms with Crippen LogP contribution in [0, 0.1) is 0 Å². The molecular formula is C12H16N2O3S. The van der Waals surface area contributed by atoms with E-state index in [0.29, 0.717) is 6.54 Å². The van der Waals surface area contributed by atoms with Gasteiger partial charge in [-0.2, -0.15) is 0 Å². The highest BCUT2D eigenvalue weighted by molar-refractivity contribution is 7.98. The molecular weight excluding hydrogens is 252 g/mol. The third-order valence-electron chi connectivity index (χ3n) is 2.24. The zero-order chi connectivity index (χ0) is 13.4. The number of carboxylic acid groups (broad SMARTS) is 1. The van der Waals surface area contributed by atoms with Gasteiger partial charge >= 0.3 is 12.0 Å². The number of carboxylic acids is 1. The molecule has 0 bridgehead atoms. The lowest BCUT2D eigenvalue weighted by molar-refractivity contribution is -0.136. The van der Waals surface area contributed by atoms with Gasteiger partial charge in [0.05, 0.1) is 6.42 Å². The zero-order valence-electron chi connectivity index (χ0n) is 10.1. The number of amides is 2. The van der Waals surface area contributed by atoms with Crippen LogP contribution < -0.4 is 10.6 Å². The molecule has 0 aliphatic heterocycles. The van der Waals surface area contributed by atoms with Crippen LogP contribution in [0.15, 0.2) is 29.2 Å². The summed E-state index contributed by atoms with van der Waals surface area (Å²) in [5.41, 5.74) is 1.00. The molecule has 0 atom stereocenters. The minimum Gasteiger partial charge on any atom is -0.481 e. The Morgan fingerprint density at radius 2 is 1.89 bits per heavy atom. The molecule has 0 fully saturated rings. The lowest BCUT2D eigenvalue weighted by Gasteiger charge is -2.07. The Kier molecular flexibility index (Phi) is 6.07. The second-order valence-corrected chi connectivity index (χ2v) is 4.48. The van der Waals surface area contributed by atoms with Crippen molar-refractivity contribution in [2.75, 3.05) is 12.8 Å². The Morgan fingerprint density at radius 1 is 1.22 bits per heavy atom. The average Bonchev–Trinajstić information content (AvgIpc) is 2.36. The SMILES string of the molecule is CSc1ccc(CNC(=O)NCCC(=O)O)cc1. The number of thioether (sulfide) groups is 1. The van der Waals surface area contributed by atoms with E-state index in [9.17, 15) is 9.59 Å². The first-order valence-corrected chi connectivity index (χ1v) is 6.70. The molecule has 0 spiro atoms. The van der Waals surface area contributed by atoms with Gasteiger partial charge in [-0.3, -0.25) is 4.79 Å². The van der Waals surface area contributed by atoms with Crippen LogP contribution in [0.4, 0.5) is 4.79 Å². The highest BCUT2D eigenvalue weighted by Gasteiger charge is 2.02. The molecule has 3 N–H and O–H groups in total. The van der Waals surface area contributed by atoms with Gasteiger partial charge in [0.2, 0.25) is 0 Å². The number of carbonyl (C=O) groups excluding carboxylic acids is 1. The number of hydrogen-bond acceptors (Lipinski definition) is 3. The van der Waals surface area contributed by atoms with Crippen LogP contribution in [-0.4, -0.2) is 29.9 Å². The summed E-state index contributed by atoms with van der Waals surface area (Å²) in [6.45, 7) is 0.556. The summed E-state index contributed by atoms with van der Waals surface area (Å²) in [5, 5.41) is 13.5. The van der Waals surface area contributed by atoms with E-state index < -0.39 is 5.97 Å². The van der Waals surface area contributed by atoms with Gasteiger partial charge in [0, 0.05) is 18.0 Å². The van der Waals surface area contributed by atoms with Gasteiger partial charge in [0.25, 0.3) is 0 Å². The molecule has 0 aromatic heterocycles. The van der Waals surface area contributed by atoms with Gasteiger partial charge in [0.1, 0.15) is 0 Å². The van der Waals surface area contributed by atoms with E-state index in [4.69, 9.17) is 5.11 Å². The monoisotopic (exact) mass is 268 g/mol. The van der Waals surface area contributed by atoms with Crippen molar-refractivity contribution in [1.82, 2.24) is 10.6 Å². The number of hydrogen-bond donors (Lipinski definition) is 3. The van der Waals surface area contributed by atoms with E-state index in [1.165, 1.54) is 4.90 Å². The van der Waals surface area contributed by atoms with Gasteiger partial charge in [-0.15, -0.1) is 11.8 Å². The van der Waals surface area contributed by atoms with Gasteiger partial charge in [-0.25, -0.2) is 4.79 Å². The van der Waals surface area contributed by atoms with Crippen LogP contribution in [0.5, 0.6) is 0 Å². The number of rotatable bonds is 6. The van der Waals surface area contributed by atoms with Crippen LogP contribution in [0.1, 0.15) is 12.0 Å². The van der Waals surface area contributed by atoms with Gasteiger partial charge in [-0.05, 0) is 24.0 Å². The molecule has 0 unspecified atom stereocenters. The molecule has 0 radical (unpaired) electrons. The van der Waals surface area contributed by atoms with Gasteiger partial charge < -0.3 is 15.7 Å². The largest absolute Gasteiger partial charge is 0.481 e. The van der Waals surface area contributed by atoms with Crippen LogP contribution in [0.2, 0.25) is 0 Å². The van der Waals surface area contributed by atoms with Crippen molar-refractivity contribution < 1.29 is 14.7 Å². The van der Waals surface area contributed by atoms with Crippen molar-refractivity contribution in [2.45, 2.75) is 17.9 Å². The average molecular weight is 268 g/mol. The molecule has 98 valence electrons. The molecule has 1 aromatic rings. The Labute approximate surface area is 110 Å². The molecule has 0 saturated heterocycles. The second kappa shape index (κ2) is 7.60. The number of aliphatic carboxylic acids is 1. The summed E-state index contributed by atoms with van der Waals surface area (Å²) in [7, 11) is 0. The van der Waals surface area contributed by atoms with E-state index in [2.05, 4.69) is 10.6 Å². The molecule has 0 aliphatic rings. The Bertz CT molecular complexity index is 406. The predicted octanol–water partition coefficient (Wildman–Crippen LogP) is 1.68. The highest BCUT2D eigenvalue weighted by Crippen LogP contribution is 2.14. The number of nitrogens with one attached hydrogen (secondary N) is 2. The molecule has 5 nitrogen and oxygen atoms in total. The molecule has 0 aliphatic carbocycles. The predicted molar refractivity (Wildman–Crippen MR) is 70.7 cm³/mol. The number of carbonyl (C=O) groups is 2. The smallest absolute Gasteiger partial charge is 0.315 e. The summed E-state index contributed by atoms with van der Waals surface area (Å²) in [5.74, 6) is -0.928. The quantitative estimate of drug-likeness (QED) is 0.686. The van der Waals surface area contributed by atoms with E-state index >= 15 is 0 Å². The maximum Gasteiger partial charge on any atom is 0.315 e. The van der Waals surface area contributed by atoms with Crippen molar-refractivity contribution >= 4 is 23.8 Å². The zero-order valence-corrected chi connectivity index (χ0v) is 10.9. The minimum absolute atomic E-state index is 0.0736. The van der Waals surface area contributed by atoms with Crippen molar-refractivity contribution in [3.8, 4) is 0 Å². The number of benzene rings is 1. The molecule has 0 saturated carbocycles. The van der Waals surface area contributed by atoms with Crippen LogP contribution in [-0.2, 0) is 11.3 Å². The summed E-state index contributed by atoms with van der Waals surface area (Å²) in [6.07, 6.45) is 1.93. The Balaban J connectivity index is 2.26. The first kappa shape index (κ1) is 14.4. The van der Waals surface area contributed by atoms with Crippen LogP contribution in [0.25, 0.3) is 0 Å². The summed E-state index contributed by atoms with van der Waals surface area (Å²) < 4.78 is 0. The summed E-state index contributed by atoms with van der Waals surface area (Å²) in [4.78, 5) is 22.7. The topological polar surface area (TPSA) is 78.4 Å². The molecule has 6 heteroatoms. The molecule has 1 rings (SSSR count). The fraction of sp³-hybridized carbons (Fsp3) is 0.333. The Morgan fingerprint density at radius 3 is 2.44 bits per heavy atom. The summed E-state index contributed by atoms with van der Waals surface area (Å²) in [6, 6.07) is 7.52. The fourth-order valence-electron chi connectivity index (χ4n) is 1.27. The van der Waals surface area contributed by atoms with Gasteiger partial charge in [0.15, 0.2) is 0 Å². The first-order chi connectivity index (χ1) is 8.61. The van der Waals surface area contributed by atoms with Crippen molar-refractivity contribution in [3.63, 3.8) is 0 Å². The third kappa shape index (κ3) is 5.58. The van der Waals surface area contributed by atoms with E-state index in [-0.39, 0.29) is 19.0 Å². The fourth-order valence-corrected chi connectivity index (χ4v) is 1.68. The maximum atomic E-state index is 11.3. The number of urea groups is 1. The maximum absolute atomic E-state index is 11.3.